The Morgan fingerprint density at radius 1 is 1.29 bits per heavy atom. The number of nitrogens with zero attached hydrogens (tertiary/aromatic N) is 2. The van der Waals surface area contributed by atoms with Gasteiger partial charge in [0, 0.05) is 11.6 Å². The van der Waals surface area contributed by atoms with E-state index in [4.69, 9.17) is 4.74 Å². The smallest absolute Gasteiger partial charge is 0.239 e. The van der Waals surface area contributed by atoms with Crippen molar-refractivity contribution in [3.8, 4) is 5.88 Å². The van der Waals surface area contributed by atoms with Gasteiger partial charge in [0.05, 0.1) is 10.2 Å². The van der Waals surface area contributed by atoms with Crippen molar-refractivity contribution in [3.63, 3.8) is 0 Å². The molecule has 0 aliphatic rings. The number of amides is 1. The summed E-state index contributed by atoms with van der Waals surface area (Å²) in [5, 5.41) is 6.03. The van der Waals surface area contributed by atoms with Crippen LogP contribution in [0, 0.1) is 8.99 Å². The van der Waals surface area contributed by atoms with Crippen molar-refractivity contribution in [2.24, 2.45) is 5.41 Å². The van der Waals surface area contributed by atoms with Crippen LogP contribution >= 0.6 is 22.6 Å². The predicted molar refractivity (Wildman–Crippen MR) is 104 cm³/mol. The Kier molecular flexibility index (Phi) is 5.98. The second-order valence-corrected chi connectivity index (χ2v) is 7.31. The highest BCUT2D eigenvalue weighted by Crippen LogP contribution is 2.28. The summed E-state index contributed by atoms with van der Waals surface area (Å²) in [4.78, 5) is 20.9. The van der Waals surface area contributed by atoms with Crippen LogP contribution in [0.25, 0.3) is 0 Å². The number of ether oxygens (including phenoxy) is 1. The van der Waals surface area contributed by atoms with E-state index >= 15 is 0 Å². The number of rotatable bonds is 5. The van der Waals surface area contributed by atoms with Crippen molar-refractivity contribution < 1.29 is 9.53 Å². The van der Waals surface area contributed by atoms with Crippen LogP contribution < -0.4 is 15.4 Å². The lowest BCUT2D eigenvalue weighted by Gasteiger charge is -2.19. The highest BCUT2D eigenvalue weighted by molar-refractivity contribution is 14.1. The molecule has 0 bridgehead atoms. The number of hydrogen-bond donors (Lipinski definition) is 2. The minimum atomic E-state index is -0.496. The van der Waals surface area contributed by atoms with Gasteiger partial charge in [-0.25, -0.2) is 4.98 Å². The van der Waals surface area contributed by atoms with E-state index in [1.807, 2.05) is 39.8 Å². The van der Waals surface area contributed by atoms with E-state index in [1.165, 1.54) is 0 Å². The fraction of sp³-hybridized carbons (Fsp3) is 0.353. The second kappa shape index (κ2) is 7.78. The standard InChI is InChI=1S/C17H21IN4O2/c1-5-24-15-12(20-16(23)17(2,3)4)8-9-13(22-15)21-14-11(18)7-6-10-19-14/h6-10H,5H2,1-4H3,(H,20,23)(H,19,21,22). The van der Waals surface area contributed by atoms with Gasteiger partial charge in [0.2, 0.25) is 11.8 Å². The fourth-order valence-electron chi connectivity index (χ4n) is 1.76. The molecule has 0 fully saturated rings. The summed E-state index contributed by atoms with van der Waals surface area (Å²) in [7, 11) is 0. The molecular formula is C17H21IN4O2. The van der Waals surface area contributed by atoms with Gasteiger partial charge in [-0.1, -0.05) is 20.8 Å². The molecule has 0 radical (unpaired) electrons. The van der Waals surface area contributed by atoms with Crippen LogP contribution in [0.3, 0.4) is 0 Å². The molecule has 24 heavy (non-hydrogen) atoms. The number of hydrogen-bond acceptors (Lipinski definition) is 5. The first-order valence-electron chi connectivity index (χ1n) is 7.64. The number of carbonyl (C=O) groups excluding carboxylic acids is 1. The molecular weight excluding hydrogens is 419 g/mol. The lowest BCUT2D eigenvalue weighted by atomic mass is 9.95. The molecule has 0 spiro atoms. The summed E-state index contributed by atoms with van der Waals surface area (Å²) in [6.07, 6.45) is 1.71. The van der Waals surface area contributed by atoms with E-state index in [2.05, 4.69) is 43.2 Å². The van der Waals surface area contributed by atoms with Gasteiger partial charge in [-0.15, -0.1) is 0 Å². The summed E-state index contributed by atoms with van der Waals surface area (Å²) in [5.41, 5.74) is 0.0582. The van der Waals surface area contributed by atoms with Crippen LogP contribution in [0.5, 0.6) is 5.88 Å². The Balaban J connectivity index is 2.26. The number of pyridine rings is 2. The monoisotopic (exact) mass is 440 g/mol. The molecule has 2 aromatic rings. The Hall–Kier alpha value is -1.90. The van der Waals surface area contributed by atoms with E-state index in [0.29, 0.717) is 24.0 Å². The molecule has 2 rings (SSSR count). The van der Waals surface area contributed by atoms with Gasteiger partial charge in [-0.2, -0.15) is 4.98 Å². The van der Waals surface area contributed by atoms with Crippen molar-refractivity contribution in [1.82, 2.24) is 9.97 Å². The average molecular weight is 440 g/mol. The quantitative estimate of drug-likeness (QED) is 0.682. The largest absolute Gasteiger partial charge is 0.476 e. The maximum Gasteiger partial charge on any atom is 0.239 e. The number of halogens is 1. The maximum absolute atomic E-state index is 12.2. The first-order valence-corrected chi connectivity index (χ1v) is 8.72. The first-order chi connectivity index (χ1) is 11.3. The Morgan fingerprint density at radius 2 is 2.04 bits per heavy atom. The number of anilines is 3. The minimum Gasteiger partial charge on any atom is -0.476 e. The molecule has 0 saturated carbocycles. The van der Waals surface area contributed by atoms with Gasteiger partial charge < -0.3 is 15.4 Å². The van der Waals surface area contributed by atoms with E-state index < -0.39 is 5.41 Å². The molecule has 7 heteroatoms. The van der Waals surface area contributed by atoms with Gasteiger partial charge in [0.25, 0.3) is 0 Å². The molecule has 0 aromatic carbocycles. The van der Waals surface area contributed by atoms with Crippen LogP contribution in [0.1, 0.15) is 27.7 Å². The fourth-order valence-corrected chi connectivity index (χ4v) is 2.24. The molecule has 2 heterocycles. The third-order valence-electron chi connectivity index (χ3n) is 3.08. The molecule has 0 saturated heterocycles. The highest BCUT2D eigenvalue weighted by Gasteiger charge is 2.23. The van der Waals surface area contributed by atoms with Crippen LogP contribution in [-0.2, 0) is 4.79 Å². The summed E-state index contributed by atoms with van der Waals surface area (Å²) in [5.74, 6) is 1.61. The van der Waals surface area contributed by atoms with Gasteiger partial charge >= 0.3 is 0 Å². The second-order valence-electron chi connectivity index (χ2n) is 6.15. The summed E-state index contributed by atoms with van der Waals surface area (Å²) in [6, 6.07) is 7.39. The van der Waals surface area contributed by atoms with Crippen molar-refractivity contribution in [2.75, 3.05) is 17.2 Å². The zero-order chi connectivity index (χ0) is 17.7. The predicted octanol–water partition coefficient (Wildman–Crippen LogP) is 4.21. The molecule has 0 atom stereocenters. The third-order valence-corrected chi connectivity index (χ3v) is 3.95. The summed E-state index contributed by atoms with van der Waals surface area (Å²) in [6.45, 7) is 7.90. The van der Waals surface area contributed by atoms with Crippen molar-refractivity contribution >= 4 is 45.8 Å². The molecule has 1 amide bonds. The van der Waals surface area contributed by atoms with Crippen LogP contribution in [0.4, 0.5) is 17.3 Å². The minimum absolute atomic E-state index is 0.0924. The lowest BCUT2D eigenvalue weighted by Crippen LogP contribution is -2.28. The first kappa shape index (κ1) is 18.4. The highest BCUT2D eigenvalue weighted by atomic mass is 127. The van der Waals surface area contributed by atoms with Gasteiger partial charge in [0.15, 0.2) is 0 Å². The Labute approximate surface area is 155 Å². The van der Waals surface area contributed by atoms with Crippen molar-refractivity contribution in [1.29, 1.82) is 0 Å². The van der Waals surface area contributed by atoms with E-state index in [0.717, 1.165) is 9.39 Å². The van der Waals surface area contributed by atoms with E-state index in [-0.39, 0.29) is 5.91 Å². The molecule has 0 aliphatic carbocycles. The zero-order valence-electron chi connectivity index (χ0n) is 14.2. The number of nitrogens with one attached hydrogen (secondary N) is 2. The van der Waals surface area contributed by atoms with Crippen molar-refractivity contribution in [3.05, 3.63) is 34.0 Å². The molecule has 2 N–H and O–H groups in total. The van der Waals surface area contributed by atoms with Crippen LogP contribution in [0.15, 0.2) is 30.5 Å². The molecule has 0 aliphatic heterocycles. The topological polar surface area (TPSA) is 76.1 Å². The Morgan fingerprint density at radius 3 is 2.67 bits per heavy atom. The van der Waals surface area contributed by atoms with Gasteiger partial charge in [0.1, 0.15) is 17.3 Å². The molecule has 0 unspecified atom stereocenters. The van der Waals surface area contributed by atoms with E-state index in [9.17, 15) is 4.79 Å². The molecule has 128 valence electrons. The van der Waals surface area contributed by atoms with Crippen LogP contribution in [0.2, 0.25) is 0 Å². The van der Waals surface area contributed by atoms with Gasteiger partial charge in [-0.3, -0.25) is 4.79 Å². The van der Waals surface area contributed by atoms with Crippen LogP contribution in [-0.4, -0.2) is 22.5 Å². The number of aromatic nitrogens is 2. The summed E-state index contributed by atoms with van der Waals surface area (Å²) >= 11 is 2.20. The zero-order valence-corrected chi connectivity index (χ0v) is 16.3. The normalized spacial score (nSPS) is 11.0. The molecule has 2 aromatic heterocycles. The van der Waals surface area contributed by atoms with Gasteiger partial charge in [-0.05, 0) is 53.8 Å². The SMILES string of the molecule is CCOc1nc(Nc2ncccc2I)ccc1NC(=O)C(C)(C)C. The average Bonchev–Trinajstić information content (AvgIpc) is 2.51. The maximum atomic E-state index is 12.2. The third kappa shape index (κ3) is 4.80. The lowest BCUT2D eigenvalue weighted by molar-refractivity contribution is -0.123. The summed E-state index contributed by atoms with van der Waals surface area (Å²) < 4.78 is 6.56. The van der Waals surface area contributed by atoms with Crippen molar-refractivity contribution in [2.45, 2.75) is 27.7 Å². The molecule has 6 nitrogen and oxygen atoms in total. The Bertz CT molecular complexity index is 729. The van der Waals surface area contributed by atoms with E-state index in [1.54, 1.807) is 18.3 Å². The number of carbonyl (C=O) groups is 1.